The van der Waals surface area contributed by atoms with Crippen molar-refractivity contribution in [2.24, 2.45) is 5.73 Å². The highest BCUT2D eigenvalue weighted by Gasteiger charge is 2.26. The molecule has 0 bridgehead atoms. The van der Waals surface area contributed by atoms with Gasteiger partial charge in [0.1, 0.15) is 0 Å². The van der Waals surface area contributed by atoms with Crippen LogP contribution in [0.25, 0.3) is 11.2 Å². The summed E-state index contributed by atoms with van der Waals surface area (Å²) in [4.78, 5) is 20.2. The molecule has 0 amide bonds. The quantitative estimate of drug-likeness (QED) is 0.113. The molecule has 3 fully saturated rings. The molecular weight excluding hydrogens is 607 g/mol. The van der Waals surface area contributed by atoms with Gasteiger partial charge >= 0.3 is 0 Å². The summed E-state index contributed by atoms with van der Waals surface area (Å²) in [6.07, 6.45) is 17.3. The average Bonchev–Trinajstić information content (AvgIpc) is 3.82. The molecule has 2 aliphatic carbocycles. The van der Waals surface area contributed by atoms with Crippen LogP contribution < -0.4 is 16.4 Å². The Morgan fingerprint density at radius 2 is 1.37 bits per heavy atom. The highest BCUT2D eigenvalue weighted by atomic mass is 15.2. The molecular formula is C40H57N9. The van der Waals surface area contributed by atoms with Crippen molar-refractivity contribution in [1.82, 2.24) is 29.3 Å². The number of unbranched alkanes of at least 4 members (excludes halogenated alkanes) is 2. The summed E-state index contributed by atoms with van der Waals surface area (Å²) in [6, 6.07) is 23.4. The Hall–Kier alpha value is -3.53. The molecule has 2 aromatic carbocycles. The van der Waals surface area contributed by atoms with Gasteiger partial charge in [0.2, 0.25) is 5.95 Å². The number of hydrogen-bond acceptors (Lipinski definition) is 8. The maximum Gasteiger partial charge on any atom is 0.227 e. The SMILES string of the molecule is NC1CCC(Nc2nc(NC3CCN(CCCCCN(Cc4ccccc4)Cc4ccccc4)CC3)c3ncn(C4CCCC4)c3n2)CC1. The summed E-state index contributed by atoms with van der Waals surface area (Å²) < 4.78 is 2.32. The van der Waals surface area contributed by atoms with Crippen molar-refractivity contribution < 1.29 is 0 Å². The van der Waals surface area contributed by atoms with Crippen LogP contribution in [-0.2, 0) is 13.1 Å². The first-order valence-electron chi connectivity index (χ1n) is 19.2. The number of anilines is 2. The van der Waals surface area contributed by atoms with E-state index in [2.05, 4.69) is 85.7 Å². The van der Waals surface area contributed by atoms with Crippen molar-refractivity contribution in [2.45, 2.75) is 121 Å². The fourth-order valence-corrected chi connectivity index (χ4v) is 8.22. The van der Waals surface area contributed by atoms with Crippen LogP contribution in [0, 0.1) is 0 Å². The van der Waals surface area contributed by atoms with E-state index in [4.69, 9.17) is 20.7 Å². The van der Waals surface area contributed by atoms with Crippen molar-refractivity contribution in [3.8, 4) is 0 Å². The molecule has 2 saturated carbocycles. The summed E-state index contributed by atoms with van der Waals surface area (Å²) in [6.45, 7) is 6.58. The minimum atomic E-state index is 0.327. The largest absolute Gasteiger partial charge is 0.365 e. The molecule has 0 spiro atoms. The molecule has 3 aliphatic rings. The predicted octanol–water partition coefficient (Wildman–Crippen LogP) is 7.37. The van der Waals surface area contributed by atoms with E-state index < -0.39 is 0 Å². The first kappa shape index (κ1) is 33.9. The molecule has 2 aromatic heterocycles. The summed E-state index contributed by atoms with van der Waals surface area (Å²) in [5, 5.41) is 7.52. The van der Waals surface area contributed by atoms with Gasteiger partial charge in [-0.05, 0) is 88.4 Å². The molecule has 0 unspecified atom stereocenters. The second kappa shape index (κ2) is 16.9. The van der Waals surface area contributed by atoms with Crippen molar-refractivity contribution in [3.05, 3.63) is 78.1 Å². The lowest BCUT2D eigenvalue weighted by Crippen LogP contribution is -2.39. The molecule has 49 heavy (non-hydrogen) atoms. The Balaban J connectivity index is 0.899. The average molecular weight is 664 g/mol. The zero-order valence-corrected chi connectivity index (χ0v) is 29.4. The fraction of sp³-hybridized carbons (Fsp3) is 0.575. The van der Waals surface area contributed by atoms with Crippen molar-refractivity contribution in [2.75, 3.05) is 36.8 Å². The van der Waals surface area contributed by atoms with E-state index >= 15 is 0 Å². The van der Waals surface area contributed by atoms with E-state index in [1.807, 2.05) is 6.33 Å². The lowest BCUT2D eigenvalue weighted by atomic mass is 9.92. The van der Waals surface area contributed by atoms with E-state index in [0.29, 0.717) is 24.2 Å². The van der Waals surface area contributed by atoms with Gasteiger partial charge in [0.15, 0.2) is 17.0 Å². The van der Waals surface area contributed by atoms with Crippen molar-refractivity contribution in [3.63, 3.8) is 0 Å². The second-order valence-electron chi connectivity index (χ2n) is 14.9. The monoisotopic (exact) mass is 663 g/mol. The lowest BCUT2D eigenvalue weighted by Gasteiger charge is -2.33. The van der Waals surface area contributed by atoms with Crippen LogP contribution in [0.2, 0.25) is 0 Å². The molecule has 7 rings (SSSR count). The number of benzene rings is 2. The molecule has 0 radical (unpaired) electrons. The Labute approximate surface area is 293 Å². The van der Waals surface area contributed by atoms with Crippen LogP contribution in [0.5, 0.6) is 0 Å². The molecule has 4 aromatic rings. The summed E-state index contributed by atoms with van der Waals surface area (Å²) >= 11 is 0. The van der Waals surface area contributed by atoms with Gasteiger partial charge in [-0.2, -0.15) is 9.97 Å². The van der Waals surface area contributed by atoms with Gasteiger partial charge in [0.05, 0.1) is 6.33 Å². The number of hydrogen-bond donors (Lipinski definition) is 3. The topological polar surface area (TPSA) is 100 Å². The highest BCUT2D eigenvalue weighted by Crippen LogP contribution is 2.34. The third-order valence-electron chi connectivity index (χ3n) is 11.1. The Bertz CT molecular complexity index is 1510. The predicted molar refractivity (Wildman–Crippen MR) is 201 cm³/mol. The van der Waals surface area contributed by atoms with Crippen LogP contribution in [-0.4, -0.2) is 73.6 Å². The molecule has 1 aliphatic heterocycles. The first-order chi connectivity index (χ1) is 24.2. The van der Waals surface area contributed by atoms with Gasteiger partial charge in [-0.25, -0.2) is 4.98 Å². The van der Waals surface area contributed by atoms with Gasteiger partial charge in [-0.1, -0.05) is 79.9 Å². The van der Waals surface area contributed by atoms with Crippen molar-refractivity contribution >= 4 is 22.9 Å². The zero-order valence-electron chi connectivity index (χ0n) is 29.4. The van der Waals surface area contributed by atoms with E-state index in [1.165, 1.54) is 62.6 Å². The van der Waals surface area contributed by atoms with E-state index in [-0.39, 0.29) is 0 Å². The Kier molecular flexibility index (Phi) is 11.7. The van der Waals surface area contributed by atoms with Crippen molar-refractivity contribution in [1.29, 1.82) is 0 Å². The van der Waals surface area contributed by atoms with Crippen LogP contribution >= 0.6 is 0 Å². The van der Waals surface area contributed by atoms with E-state index in [9.17, 15) is 0 Å². The number of aromatic nitrogens is 4. The van der Waals surface area contributed by atoms with Gasteiger partial charge < -0.3 is 25.8 Å². The first-order valence-corrected chi connectivity index (χ1v) is 19.2. The third kappa shape index (κ3) is 9.38. The smallest absolute Gasteiger partial charge is 0.227 e. The molecule has 3 heterocycles. The van der Waals surface area contributed by atoms with Gasteiger partial charge in [0, 0.05) is 50.3 Å². The summed E-state index contributed by atoms with van der Waals surface area (Å²) in [7, 11) is 0. The number of rotatable bonds is 15. The van der Waals surface area contributed by atoms with E-state index in [1.54, 1.807) is 0 Å². The van der Waals surface area contributed by atoms with Crippen LogP contribution in [0.1, 0.15) is 101 Å². The number of nitrogens with zero attached hydrogens (tertiary/aromatic N) is 6. The molecule has 0 atom stereocenters. The van der Waals surface area contributed by atoms with Gasteiger partial charge in [-0.3, -0.25) is 4.90 Å². The number of piperidine rings is 1. The minimum absolute atomic E-state index is 0.327. The van der Waals surface area contributed by atoms with Crippen LogP contribution in [0.15, 0.2) is 67.0 Å². The molecule has 1 saturated heterocycles. The maximum absolute atomic E-state index is 6.19. The zero-order chi connectivity index (χ0) is 33.3. The van der Waals surface area contributed by atoms with Crippen LogP contribution in [0.4, 0.5) is 11.8 Å². The normalized spacial score (nSPS) is 21.1. The second-order valence-corrected chi connectivity index (χ2v) is 14.9. The maximum atomic E-state index is 6.19. The number of nitrogens with one attached hydrogen (secondary N) is 2. The minimum Gasteiger partial charge on any atom is -0.365 e. The highest BCUT2D eigenvalue weighted by molar-refractivity contribution is 5.84. The lowest BCUT2D eigenvalue weighted by molar-refractivity contribution is 0.209. The van der Waals surface area contributed by atoms with Gasteiger partial charge in [-0.15, -0.1) is 0 Å². The fourth-order valence-electron chi connectivity index (χ4n) is 8.22. The van der Waals surface area contributed by atoms with Gasteiger partial charge in [0.25, 0.3) is 0 Å². The molecule has 9 nitrogen and oxygen atoms in total. The number of fused-ring (bicyclic) bond motifs is 1. The van der Waals surface area contributed by atoms with Crippen LogP contribution in [0.3, 0.4) is 0 Å². The number of imidazole rings is 1. The summed E-state index contributed by atoms with van der Waals surface area (Å²) in [5.74, 6) is 1.63. The Morgan fingerprint density at radius 3 is 2.04 bits per heavy atom. The number of nitrogens with two attached hydrogens (primary N) is 1. The Morgan fingerprint density at radius 1 is 0.714 bits per heavy atom. The standard InChI is InChI=1S/C40H57N9/c41-33-18-20-34(21-19-33)44-40-45-38(37-39(46-40)49(30-42-37)36-16-8-9-17-36)43-35-22-26-47(27-23-35)24-10-3-11-25-48(28-31-12-4-1-5-13-31)29-32-14-6-2-7-15-32/h1-2,4-7,12-15,30,33-36H,3,8-11,16-29,41H2,(H2,43,44,45,46). The third-order valence-corrected chi connectivity index (χ3v) is 11.1. The summed E-state index contributed by atoms with van der Waals surface area (Å²) in [5.41, 5.74) is 10.9. The molecule has 262 valence electrons. The molecule has 9 heteroatoms. The van der Waals surface area contributed by atoms with E-state index in [0.717, 1.165) is 94.2 Å². The molecule has 4 N–H and O–H groups in total. The number of likely N-dealkylation sites (tertiary alicyclic amines) is 1.